The van der Waals surface area contributed by atoms with E-state index < -0.39 is 14.9 Å². The number of sulfonamides is 1. The van der Waals surface area contributed by atoms with Crippen LogP contribution in [0.5, 0.6) is 0 Å². The first kappa shape index (κ1) is 24.6. The number of benzene rings is 1. The summed E-state index contributed by atoms with van der Waals surface area (Å²) in [5.74, 6) is -0.314. The summed E-state index contributed by atoms with van der Waals surface area (Å²) in [6.45, 7) is 1.99. The Morgan fingerprint density at radius 2 is 1.85 bits per heavy atom. The van der Waals surface area contributed by atoms with Crippen molar-refractivity contribution in [2.45, 2.75) is 24.7 Å². The van der Waals surface area contributed by atoms with Gasteiger partial charge in [0.25, 0.3) is 5.69 Å². The van der Waals surface area contributed by atoms with Crippen LogP contribution in [0.15, 0.2) is 41.4 Å². The number of anilines is 1. The second-order valence-electron chi connectivity index (χ2n) is 7.40. The van der Waals surface area contributed by atoms with Gasteiger partial charge in [-0.2, -0.15) is 4.31 Å². The molecule has 0 unspecified atom stereocenters. The molecular formula is C20H22ClN5O6S. The van der Waals surface area contributed by atoms with E-state index in [1.807, 2.05) is 0 Å². The summed E-state index contributed by atoms with van der Waals surface area (Å²) in [6, 6.07) is 6.83. The lowest BCUT2D eigenvalue weighted by Crippen LogP contribution is -2.50. The quantitative estimate of drug-likeness (QED) is 0.458. The van der Waals surface area contributed by atoms with E-state index in [2.05, 4.69) is 10.3 Å². The minimum Gasteiger partial charge on any atom is -0.340 e. The van der Waals surface area contributed by atoms with Gasteiger partial charge in [-0.1, -0.05) is 17.7 Å². The fourth-order valence-electron chi connectivity index (χ4n) is 3.33. The number of amides is 2. The SMILES string of the molecule is Cc1ccc([N+](=O)[O-])cc1S(=O)(=O)N1CCN(C(=O)CCC(=O)Nc2ccc(Cl)cn2)CC1. The molecule has 176 valence electrons. The van der Waals surface area contributed by atoms with Gasteiger partial charge in [-0.15, -0.1) is 0 Å². The van der Waals surface area contributed by atoms with Crippen molar-refractivity contribution in [3.63, 3.8) is 0 Å². The molecule has 0 aliphatic carbocycles. The number of pyridine rings is 1. The van der Waals surface area contributed by atoms with Crippen molar-refractivity contribution in [2.75, 3.05) is 31.5 Å². The lowest BCUT2D eigenvalue weighted by atomic mass is 10.2. The minimum absolute atomic E-state index is 0.0316. The van der Waals surface area contributed by atoms with Crippen molar-refractivity contribution >= 4 is 44.9 Å². The van der Waals surface area contributed by atoms with Crippen molar-refractivity contribution in [3.05, 3.63) is 57.2 Å². The summed E-state index contributed by atoms with van der Waals surface area (Å²) < 4.78 is 27.2. The second-order valence-corrected chi connectivity index (χ2v) is 9.74. The Kier molecular flexibility index (Phi) is 7.61. The van der Waals surface area contributed by atoms with E-state index >= 15 is 0 Å². The average molecular weight is 496 g/mol. The Labute approximate surface area is 195 Å². The molecule has 1 aliphatic heterocycles. The topological polar surface area (TPSA) is 143 Å². The predicted octanol–water partition coefficient (Wildman–Crippen LogP) is 2.20. The number of rotatable bonds is 7. The third kappa shape index (κ3) is 6.03. The van der Waals surface area contributed by atoms with Crippen LogP contribution in [0, 0.1) is 17.0 Å². The van der Waals surface area contributed by atoms with Crippen molar-refractivity contribution < 1.29 is 22.9 Å². The highest BCUT2D eigenvalue weighted by Crippen LogP contribution is 2.25. The second kappa shape index (κ2) is 10.2. The minimum atomic E-state index is -3.95. The van der Waals surface area contributed by atoms with Gasteiger partial charge >= 0.3 is 0 Å². The molecule has 0 atom stereocenters. The third-order valence-electron chi connectivity index (χ3n) is 5.15. The van der Waals surface area contributed by atoms with Gasteiger partial charge in [0.1, 0.15) is 5.82 Å². The molecule has 0 spiro atoms. The highest BCUT2D eigenvalue weighted by molar-refractivity contribution is 7.89. The number of nitrogens with one attached hydrogen (secondary N) is 1. The molecular weight excluding hydrogens is 474 g/mol. The molecule has 1 aromatic heterocycles. The molecule has 0 saturated carbocycles. The van der Waals surface area contributed by atoms with E-state index in [4.69, 9.17) is 11.6 Å². The van der Waals surface area contributed by atoms with Crippen molar-refractivity contribution in [3.8, 4) is 0 Å². The van der Waals surface area contributed by atoms with Crippen molar-refractivity contribution in [1.82, 2.24) is 14.2 Å². The highest BCUT2D eigenvalue weighted by Gasteiger charge is 2.32. The number of hydrogen-bond donors (Lipinski definition) is 1. The van der Waals surface area contributed by atoms with Gasteiger partial charge in [-0.3, -0.25) is 19.7 Å². The normalized spacial score (nSPS) is 14.7. The van der Waals surface area contributed by atoms with E-state index in [0.717, 1.165) is 6.07 Å². The Morgan fingerprint density at radius 3 is 2.45 bits per heavy atom. The Bertz CT molecular complexity index is 1160. The largest absolute Gasteiger partial charge is 0.340 e. The maximum Gasteiger partial charge on any atom is 0.270 e. The number of non-ortho nitro benzene ring substituents is 1. The van der Waals surface area contributed by atoms with Gasteiger partial charge in [-0.05, 0) is 24.6 Å². The van der Waals surface area contributed by atoms with E-state index in [9.17, 15) is 28.1 Å². The molecule has 1 fully saturated rings. The van der Waals surface area contributed by atoms with Crippen molar-refractivity contribution in [1.29, 1.82) is 0 Å². The van der Waals surface area contributed by atoms with Gasteiger partial charge in [0.05, 0.1) is 14.8 Å². The fraction of sp³-hybridized carbons (Fsp3) is 0.350. The van der Waals surface area contributed by atoms with Gasteiger partial charge < -0.3 is 10.2 Å². The molecule has 2 heterocycles. The van der Waals surface area contributed by atoms with Crippen LogP contribution in [0.4, 0.5) is 11.5 Å². The zero-order valence-electron chi connectivity index (χ0n) is 17.7. The van der Waals surface area contributed by atoms with E-state index in [1.165, 1.54) is 27.5 Å². The van der Waals surface area contributed by atoms with Crippen LogP contribution in [-0.4, -0.2) is 65.5 Å². The number of aromatic nitrogens is 1. The third-order valence-corrected chi connectivity index (χ3v) is 7.42. The Balaban J connectivity index is 1.54. The van der Waals surface area contributed by atoms with Crippen LogP contribution >= 0.6 is 11.6 Å². The number of nitro groups is 1. The molecule has 33 heavy (non-hydrogen) atoms. The first-order chi connectivity index (χ1) is 15.6. The number of piperazine rings is 1. The van der Waals surface area contributed by atoms with Crippen LogP contribution in [0.1, 0.15) is 18.4 Å². The lowest BCUT2D eigenvalue weighted by Gasteiger charge is -2.34. The molecule has 1 aromatic carbocycles. The van der Waals surface area contributed by atoms with E-state index in [-0.39, 0.29) is 61.4 Å². The summed E-state index contributed by atoms with van der Waals surface area (Å²) in [4.78, 5) is 40.2. The highest BCUT2D eigenvalue weighted by atomic mass is 35.5. The molecule has 0 bridgehead atoms. The molecule has 0 radical (unpaired) electrons. The van der Waals surface area contributed by atoms with Gasteiger partial charge in [-0.25, -0.2) is 13.4 Å². The fourth-order valence-corrected chi connectivity index (χ4v) is 5.11. The molecule has 13 heteroatoms. The van der Waals surface area contributed by atoms with Crippen LogP contribution in [-0.2, 0) is 19.6 Å². The first-order valence-corrected chi connectivity index (χ1v) is 11.8. The predicted molar refractivity (Wildman–Crippen MR) is 120 cm³/mol. The average Bonchev–Trinajstić information content (AvgIpc) is 2.79. The number of aryl methyl sites for hydroxylation is 1. The Hall–Kier alpha value is -3.09. The number of carbonyl (C=O) groups excluding carboxylic acids is 2. The zero-order valence-corrected chi connectivity index (χ0v) is 19.3. The van der Waals surface area contributed by atoms with Crippen LogP contribution < -0.4 is 5.32 Å². The van der Waals surface area contributed by atoms with E-state index in [1.54, 1.807) is 19.1 Å². The van der Waals surface area contributed by atoms with Crippen LogP contribution in [0.2, 0.25) is 5.02 Å². The number of halogens is 1. The smallest absolute Gasteiger partial charge is 0.270 e. The number of nitrogens with zero attached hydrogens (tertiary/aromatic N) is 4. The van der Waals surface area contributed by atoms with Gasteiger partial charge in [0, 0.05) is 57.4 Å². The van der Waals surface area contributed by atoms with Crippen LogP contribution in [0.25, 0.3) is 0 Å². The first-order valence-electron chi connectivity index (χ1n) is 10.0. The summed E-state index contributed by atoms with van der Waals surface area (Å²) in [5.41, 5.74) is 0.0976. The van der Waals surface area contributed by atoms with Crippen LogP contribution in [0.3, 0.4) is 0 Å². The monoisotopic (exact) mass is 495 g/mol. The summed E-state index contributed by atoms with van der Waals surface area (Å²) in [5, 5.41) is 14.0. The summed E-state index contributed by atoms with van der Waals surface area (Å²) >= 11 is 5.74. The molecule has 3 rings (SSSR count). The zero-order chi connectivity index (χ0) is 24.2. The molecule has 1 saturated heterocycles. The number of nitro benzene ring substituents is 1. The lowest BCUT2D eigenvalue weighted by molar-refractivity contribution is -0.385. The number of carbonyl (C=O) groups is 2. The molecule has 2 aromatic rings. The Morgan fingerprint density at radius 1 is 1.15 bits per heavy atom. The molecule has 2 amide bonds. The molecule has 1 N–H and O–H groups in total. The maximum absolute atomic E-state index is 13.0. The van der Waals surface area contributed by atoms with Gasteiger partial charge in [0.2, 0.25) is 21.8 Å². The number of hydrogen-bond acceptors (Lipinski definition) is 7. The van der Waals surface area contributed by atoms with E-state index in [0.29, 0.717) is 16.4 Å². The molecule has 11 nitrogen and oxygen atoms in total. The summed E-state index contributed by atoms with van der Waals surface area (Å²) in [6.07, 6.45) is 1.32. The molecule has 1 aliphatic rings. The van der Waals surface area contributed by atoms with Crippen molar-refractivity contribution in [2.24, 2.45) is 0 Å². The summed E-state index contributed by atoms with van der Waals surface area (Å²) in [7, 11) is -3.95. The maximum atomic E-state index is 13.0. The standard InChI is InChI=1S/C20H22ClN5O6S/c1-14-2-4-16(26(29)30)12-17(14)33(31,32)25-10-8-24(9-11-25)20(28)7-6-19(27)23-18-5-3-15(21)13-22-18/h2-5,12-13H,6-11H2,1H3,(H,22,23,27). The van der Waals surface area contributed by atoms with Gasteiger partial charge in [0.15, 0.2) is 0 Å².